The number of benzene rings is 1. The van der Waals surface area contributed by atoms with Gasteiger partial charge in [0.25, 0.3) is 5.91 Å². The Balaban J connectivity index is 1.80. The number of nitrogens with zero attached hydrogens (tertiary/aromatic N) is 1. The number of halogens is 1. The Labute approximate surface area is 131 Å². The lowest BCUT2D eigenvalue weighted by atomic mass is 10.2. The molecule has 0 bridgehead atoms. The minimum Gasteiger partial charge on any atom is -0.479 e. The number of carbonyl (C=O) groups excluding carboxylic acids is 1. The predicted octanol–water partition coefficient (Wildman–Crippen LogP) is 3.30. The van der Waals surface area contributed by atoms with E-state index >= 15 is 0 Å². The number of aryl methyl sites for hydroxylation is 1. The first-order chi connectivity index (χ1) is 10.2. The molecule has 0 spiro atoms. The summed E-state index contributed by atoms with van der Waals surface area (Å²) in [5.74, 6) is 0.439. The number of aromatic nitrogens is 1. The van der Waals surface area contributed by atoms with E-state index in [0.29, 0.717) is 23.0 Å². The van der Waals surface area contributed by atoms with Gasteiger partial charge >= 0.3 is 0 Å². The van der Waals surface area contributed by atoms with E-state index in [9.17, 15) is 4.79 Å². The molecule has 1 aromatic heterocycles. The maximum atomic E-state index is 11.4. The third-order valence-electron chi connectivity index (χ3n) is 3.06. The maximum absolute atomic E-state index is 11.4. The van der Waals surface area contributed by atoms with Crippen LogP contribution in [0.3, 0.4) is 0 Å². The average molecular weight is 324 g/mol. The molecule has 2 N–H and O–H groups in total. The summed E-state index contributed by atoms with van der Waals surface area (Å²) in [4.78, 5) is 17.0. The summed E-state index contributed by atoms with van der Waals surface area (Å²) in [6, 6.07) is 3.46. The zero-order valence-electron chi connectivity index (χ0n) is 11.4. The third-order valence-corrected chi connectivity index (χ3v) is 4.42. The summed E-state index contributed by atoms with van der Waals surface area (Å²) < 4.78 is 5.49. The minimum absolute atomic E-state index is 0.0144. The lowest BCUT2D eigenvalue weighted by molar-refractivity contribution is -0.118. The van der Waals surface area contributed by atoms with Gasteiger partial charge in [0, 0.05) is 16.1 Å². The van der Waals surface area contributed by atoms with Crippen molar-refractivity contribution in [1.82, 2.24) is 4.98 Å². The number of nitrogens with one attached hydrogen (secondary N) is 2. The van der Waals surface area contributed by atoms with E-state index in [1.54, 1.807) is 23.5 Å². The van der Waals surface area contributed by atoms with Crippen LogP contribution in [0.4, 0.5) is 11.4 Å². The molecule has 2 heterocycles. The number of amides is 1. The molecule has 0 saturated heterocycles. The van der Waals surface area contributed by atoms with Gasteiger partial charge in [-0.3, -0.25) is 4.79 Å². The van der Waals surface area contributed by atoms with Gasteiger partial charge in [-0.15, -0.1) is 11.3 Å². The van der Waals surface area contributed by atoms with Gasteiger partial charge in [0.1, 0.15) is 5.01 Å². The van der Waals surface area contributed by atoms with Crippen LogP contribution in [0.15, 0.2) is 18.3 Å². The van der Waals surface area contributed by atoms with Crippen LogP contribution in [0, 0.1) is 0 Å². The van der Waals surface area contributed by atoms with Crippen molar-refractivity contribution in [1.29, 1.82) is 0 Å². The van der Waals surface area contributed by atoms with Crippen LogP contribution in [0.2, 0.25) is 5.02 Å². The van der Waals surface area contributed by atoms with Crippen molar-refractivity contribution in [2.45, 2.75) is 19.9 Å². The molecule has 0 fully saturated rings. The van der Waals surface area contributed by atoms with E-state index in [1.165, 1.54) is 4.88 Å². The summed E-state index contributed by atoms with van der Waals surface area (Å²) >= 11 is 7.75. The fraction of sp³-hybridized carbons (Fsp3) is 0.286. The molecule has 0 aliphatic carbocycles. The topological polar surface area (TPSA) is 63.3 Å². The van der Waals surface area contributed by atoms with Gasteiger partial charge in [-0.05, 0) is 18.6 Å². The van der Waals surface area contributed by atoms with Gasteiger partial charge in [0.05, 0.1) is 17.9 Å². The van der Waals surface area contributed by atoms with Gasteiger partial charge < -0.3 is 15.4 Å². The molecule has 21 heavy (non-hydrogen) atoms. The molecule has 3 rings (SSSR count). The number of rotatable bonds is 4. The Morgan fingerprint density at radius 2 is 2.38 bits per heavy atom. The predicted molar refractivity (Wildman–Crippen MR) is 84.4 cm³/mol. The molecule has 1 amide bonds. The molecule has 110 valence electrons. The highest BCUT2D eigenvalue weighted by Gasteiger charge is 2.20. The lowest BCUT2D eigenvalue weighted by Crippen LogP contribution is -2.26. The highest BCUT2D eigenvalue weighted by Crippen LogP contribution is 2.38. The van der Waals surface area contributed by atoms with Crippen LogP contribution in [0.5, 0.6) is 5.75 Å². The number of anilines is 2. The van der Waals surface area contributed by atoms with E-state index in [-0.39, 0.29) is 12.5 Å². The standard InChI is InChI=1S/C14H14ClN3O2S/c1-2-9-5-17-13(21-9)6-16-10-3-8(15)4-11-14(10)20-7-12(19)18-11/h3-5,16H,2,6-7H2,1H3,(H,18,19). The Morgan fingerprint density at radius 3 is 3.14 bits per heavy atom. The van der Waals surface area contributed by atoms with Gasteiger partial charge in [0.2, 0.25) is 0 Å². The average Bonchev–Trinajstić information content (AvgIpc) is 2.92. The second kappa shape index (κ2) is 5.91. The quantitative estimate of drug-likeness (QED) is 0.906. The Kier molecular flexibility index (Phi) is 3.98. The van der Waals surface area contributed by atoms with Crippen LogP contribution >= 0.6 is 22.9 Å². The Morgan fingerprint density at radius 1 is 1.52 bits per heavy atom. The second-order valence-electron chi connectivity index (χ2n) is 4.59. The van der Waals surface area contributed by atoms with Crippen LogP contribution in [-0.4, -0.2) is 17.5 Å². The molecular formula is C14H14ClN3O2S. The monoisotopic (exact) mass is 323 g/mol. The van der Waals surface area contributed by atoms with Crippen molar-refractivity contribution in [2.75, 3.05) is 17.2 Å². The van der Waals surface area contributed by atoms with Gasteiger partial charge in [-0.1, -0.05) is 18.5 Å². The number of carbonyl (C=O) groups is 1. The van der Waals surface area contributed by atoms with E-state index in [2.05, 4.69) is 22.5 Å². The molecule has 2 aromatic rings. The molecule has 0 unspecified atom stereocenters. The molecular weight excluding hydrogens is 310 g/mol. The fourth-order valence-corrected chi connectivity index (χ4v) is 3.08. The van der Waals surface area contributed by atoms with Crippen LogP contribution in [0.1, 0.15) is 16.8 Å². The fourth-order valence-electron chi connectivity index (χ4n) is 2.06. The molecule has 1 aliphatic heterocycles. The van der Waals surface area contributed by atoms with Crippen molar-refractivity contribution in [2.24, 2.45) is 0 Å². The number of fused-ring (bicyclic) bond motifs is 1. The zero-order chi connectivity index (χ0) is 14.8. The number of ether oxygens (including phenoxy) is 1. The number of thiazole rings is 1. The van der Waals surface area contributed by atoms with E-state index < -0.39 is 0 Å². The highest BCUT2D eigenvalue weighted by atomic mass is 35.5. The lowest BCUT2D eigenvalue weighted by Gasteiger charge is -2.21. The summed E-state index contributed by atoms with van der Waals surface area (Å²) in [5, 5.41) is 7.56. The third kappa shape index (κ3) is 3.11. The SMILES string of the molecule is CCc1cnc(CNc2cc(Cl)cc3c2OCC(=O)N3)s1. The molecule has 0 saturated carbocycles. The summed E-state index contributed by atoms with van der Waals surface area (Å²) in [6.45, 7) is 2.71. The van der Waals surface area contributed by atoms with Crippen molar-refractivity contribution < 1.29 is 9.53 Å². The van der Waals surface area contributed by atoms with Crippen molar-refractivity contribution in [3.8, 4) is 5.75 Å². The normalized spacial score (nSPS) is 13.3. The van der Waals surface area contributed by atoms with Crippen LogP contribution in [0.25, 0.3) is 0 Å². The molecule has 0 atom stereocenters. The first-order valence-electron chi connectivity index (χ1n) is 6.59. The second-order valence-corrected chi connectivity index (χ2v) is 6.23. The Bertz CT molecular complexity index is 687. The molecule has 1 aromatic carbocycles. The van der Waals surface area contributed by atoms with E-state index in [1.807, 2.05) is 6.20 Å². The van der Waals surface area contributed by atoms with Crippen molar-refractivity contribution in [3.05, 3.63) is 33.2 Å². The molecule has 1 aliphatic rings. The molecule has 7 heteroatoms. The maximum Gasteiger partial charge on any atom is 0.262 e. The van der Waals surface area contributed by atoms with Crippen molar-refractivity contribution in [3.63, 3.8) is 0 Å². The number of hydrogen-bond acceptors (Lipinski definition) is 5. The Hall–Kier alpha value is -1.79. The molecule has 0 radical (unpaired) electrons. The smallest absolute Gasteiger partial charge is 0.262 e. The summed E-state index contributed by atoms with van der Waals surface area (Å²) in [6.07, 6.45) is 2.88. The van der Waals surface area contributed by atoms with Crippen LogP contribution < -0.4 is 15.4 Å². The van der Waals surface area contributed by atoms with E-state index in [4.69, 9.17) is 16.3 Å². The molecule has 5 nitrogen and oxygen atoms in total. The van der Waals surface area contributed by atoms with E-state index in [0.717, 1.165) is 17.1 Å². The van der Waals surface area contributed by atoms with Crippen LogP contribution in [-0.2, 0) is 17.8 Å². The summed E-state index contributed by atoms with van der Waals surface area (Å²) in [7, 11) is 0. The van der Waals surface area contributed by atoms with Gasteiger partial charge in [-0.2, -0.15) is 0 Å². The van der Waals surface area contributed by atoms with Gasteiger partial charge in [0.15, 0.2) is 12.4 Å². The number of hydrogen-bond donors (Lipinski definition) is 2. The zero-order valence-corrected chi connectivity index (χ0v) is 13.0. The minimum atomic E-state index is -0.178. The first-order valence-corrected chi connectivity index (χ1v) is 7.79. The first kappa shape index (κ1) is 14.2. The summed E-state index contributed by atoms with van der Waals surface area (Å²) in [5.41, 5.74) is 1.35. The van der Waals surface area contributed by atoms with Gasteiger partial charge in [-0.25, -0.2) is 4.98 Å². The van der Waals surface area contributed by atoms with Crippen molar-refractivity contribution >= 4 is 40.2 Å². The largest absolute Gasteiger partial charge is 0.479 e. The highest BCUT2D eigenvalue weighted by molar-refractivity contribution is 7.11.